The van der Waals surface area contributed by atoms with Crippen LogP contribution in [0.5, 0.6) is 0 Å². The van der Waals surface area contributed by atoms with Crippen LogP contribution < -0.4 is 0 Å². The van der Waals surface area contributed by atoms with Crippen LogP contribution in [0.1, 0.15) is 54.0 Å². The average molecular weight is 299 g/mol. The summed E-state index contributed by atoms with van der Waals surface area (Å²) in [6, 6.07) is 2.98. The van der Waals surface area contributed by atoms with Crippen LogP contribution in [0.25, 0.3) is 0 Å². The van der Waals surface area contributed by atoms with Crippen molar-refractivity contribution in [2.75, 3.05) is 6.61 Å². The molecule has 0 N–H and O–H groups in total. The number of esters is 2. The van der Waals surface area contributed by atoms with E-state index >= 15 is 0 Å². The molecule has 5 heteroatoms. The van der Waals surface area contributed by atoms with Crippen LogP contribution in [0.3, 0.4) is 0 Å². The topological polar surface area (TPSA) is 52.6 Å². The monoisotopic (exact) mass is 298 g/mol. The highest BCUT2D eigenvalue weighted by Gasteiger charge is 2.24. The summed E-state index contributed by atoms with van der Waals surface area (Å²) in [6.45, 7) is 8.95. The number of hydrogen-bond acceptors (Lipinski definition) is 4. The SMILES string of the molecule is CCOC(=O)c1cc(C)c(Cl)cc1C(=O)OC(C)(C)C. The van der Waals surface area contributed by atoms with E-state index in [1.807, 2.05) is 0 Å². The van der Waals surface area contributed by atoms with Crippen molar-refractivity contribution >= 4 is 23.5 Å². The van der Waals surface area contributed by atoms with E-state index in [1.54, 1.807) is 40.7 Å². The Kier molecular flexibility index (Phi) is 5.17. The minimum absolute atomic E-state index is 0.119. The summed E-state index contributed by atoms with van der Waals surface area (Å²) in [5.41, 5.74) is 0.333. The fraction of sp³-hybridized carbons (Fsp3) is 0.467. The Bertz CT molecular complexity index is 529. The fourth-order valence-electron chi connectivity index (χ4n) is 1.56. The molecule has 0 bridgehead atoms. The van der Waals surface area contributed by atoms with Gasteiger partial charge in [0.05, 0.1) is 17.7 Å². The molecule has 0 aliphatic heterocycles. The smallest absolute Gasteiger partial charge is 0.339 e. The second kappa shape index (κ2) is 6.27. The van der Waals surface area contributed by atoms with Crippen molar-refractivity contribution in [1.29, 1.82) is 0 Å². The summed E-state index contributed by atoms with van der Waals surface area (Å²) in [4.78, 5) is 24.1. The van der Waals surface area contributed by atoms with Gasteiger partial charge in [-0.3, -0.25) is 0 Å². The highest BCUT2D eigenvalue weighted by Crippen LogP contribution is 2.24. The van der Waals surface area contributed by atoms with Crippen molar-refractivity contribution in [1.82, 2.24) is 0 Å². The number of carbonyl (C=O) groups excluding carboxylic acids is 2. The molecule has 0 fully saturated rings. The first kappa shape index (κ1) is 16.5. The molecule has 0 atom stereocenters. The van der Waals surface area contributed by atoms with E-state index in [2.05, 4.69) is 0 Å². The van der Waals surface area contributed by atoms with E-state index in [9.17, 15) is 9.59 Å². The molecule has 20 heavy (non-hydrogen) atoms. The molecule has 0 radical (unpaired) electrons. The van der Waals surface area contributed by atoms with E-state index < -0.39 is 17.5 Å². The molecule has 0 aromatic heterocycles. The Hall–Kier alpha value is -1.55. The molecule has 0 aliphatic carbocycles. The van der Waals surface area contributed by atoms with Gasteiger partial charge in [-0.2, -0.15) is 0 Å². The van der Waals surface area contributed by atoms with Gasteiger partial charge in [-0.15, -0.1) is 0 Å². The van der Waals surface area contributed by atoms with Gasteiger partial charge in [0.2, 0.25) is 0 Å². The van der Waals surface area contributed by atoms with E-state index in [-0.39, 0.29) is 17.7 Å². The molecule has 4 nitrogen and oxygen atoms in total. The van der Waals surface area contributed by atoms with Gasteiger partial charge in [0.25, 0.3) is 0 Å². The third-order valence-electron chi connectivity index (χ3n) is 2.41. The molecule has 0 unspecified atom stereocenters. The number of carbonyl (C=O) groups is 2. The second-order valence-electron chi connectivity index (χ2n) is 5.37. The number of aryl methyl sites for hydroxylation is 1. The second-order valence-corrected chi connectivity index (χ2v) is 5.78. The van der Waals surface area contributed by atoms with Gasteiger partial charge in [-0.25, -0.2) is 9.59 Å². The molecule has 0 spiro atoms. The molecule has 0 heterocycles. The zero-order valence-corrected chi connectivity index (χ0v) is 13.1. The highest BCUT2D eigenvalue weighted by atomic mass is 35.5. The molecule has 1 aromatic rings. The van der Waals surface area contributed by atoms with Gasteiger partial charge in [0, 0.05) is 5.02 Å². The van der Waals surface area contributed by atoms with Crippen LogP contribution >= 0.6 is 11.6 Å². The van der Waals surface area contributed by atoms with Crippen LogP contribution in [0.15, 0.2) is 12.1 Å². The molecular weight excluding hydrogens is 280 g/mol. The van der Waals surface area contributed by atoms with Crippen LogP contribution in [-0.4, -0.2) is 24.1 Å². The highest BCUT2D eigenvalue weighted by molar-refractivity contribution is 6.32. The lowest BCUT2D eigenvalue weighted by Crippen LogP contribution is -2.25. The van der Waals surface area contributed by atoms with Gasteiger partial charge in [0.15, 0.2) is 0 Å². The first-order valence-electron chi connectivity index (χ1n) is 6.36. The summed E-state index contributed by atoms with van der Waals surface area (Å²) in [5.74, 6) is -1.16. The van der Waals surface area contributed by atoms with Gasteiger partial charge in [-0.05, 0) is 52.3 Å². The fourth-order valence-corrected chi connectivity index (χ4v) is 1.72. The summed E-state index contributed by atoms with van der Waals surface area (Å²) >= 11 is 6.02. The maximum atomic E-state index is 12.2. The summed E-state index contributed by atoms with van der Waals surface area (Å²) < 4.78 is 10.2. The normalized spacial score (nSPS) is 11.1. The van der Waals surface area contributed by atoms with Gasteiger partial charge >= 0.3 is 11.9 Å². The zero-order chi connectivity index (χ0) is 15.5. The summed E-state index contributed by atoms with van der Waals surface area (Å²) in [6.07, 6.45) is 0. The van der Waals surface area contributed by atoms with E-state index in [1.165, 1.54) is 6.07 Å². The maximum Gasteiger partial charge on any atom is 0.339 e. The quantitative estimate of drug-likeness (QED) is 0.797. The molecule has 0 aliphatic rings. The number of rotatable bonds is 3. The Balaban J connectivity index is 3.26. The minimum atomic E-state index is -0.652. The number of hydrogen-bond donors (Lipinski definition) is 0. The zero-order valence-electron chi connectivity index (χ0n) is 12.4. The van der Waals surface area contributed by atoms with E-state index in [0.29, 0.717) is 10.6 Å². The Morgan fingerprint density at radius 1 is 1.15 bits per heavy atom. The third kappa shape index (κ3) is 4.23. The lowest BCUT2D eigenvalue weighted by atomic mass is 10.0. The molecule has 1 rings (SSSR count). The number of benzene rings is 1. The third-order valence-corrected chi connectivity index (χ3v) is 2.82. The van der Waals surface area contributed by atoms with Gasteiger partial charge < -0.3 is 9.47 Å². The lowest BCUT2D eigenvalue weighted by Gasteiger charge is -2.20. The molecular formula is C15H19ClO4. The first-order chi connectivity index (χ1) is 9.15. The predicted molar refractivity (Wildman–Crippen MR) is 77.3 cm³/mol. The van der Waals surface area contributed by atoms with Crippen LogP contribution in [0.2, 0.25) is 5.02 Å². The van der Waals surface area contributed by atoms with Crippen molar-refractivity contribution in [3.05, 3.63) is 33.8 Å². The van der Waals surface area contributed by atoms with Crippen molar-refractivity contribution < 1.29 is 19.1 Å². The molecule has 0 amide bonds. The average Bonchev–Trinajstić information content (AvgIpc) is 2.30. The van der Waals surface area contributed by atoms with Gasteiger partial charge in [0.1, 0.15) is 5.60 Å². The number of halogens is 1. The standard InChI is InChI=1S/C15H19ClO4/c1-6-19-13(17)10-7-9(2)12(16)8-11(10)14(18)20-15(3,4)5/h7-8H,6H2,1-5H3. The van der Waals surface area contributed by atoms with Crippen LogP contribution in [0.4, 0.5) is 0 Å². The summed E-state index contributed by atoms with van der Waals surface area (Å²) in [7, 11) is 0. The first-order valence-corrected chi connectivity index (χ1v) is 6.74. The Morgan fingerprint density at radius 2 is 1.70 bits per heavy atom. The van der Waals surface area contributed by atoms with Crippen molar-refractivity contribution in [3.8, 4) is 0 Å². The Labute approximate surface area is 124 Å². The maximum absolute atomic E-state index is 12.2. The van der Waals surface area contributed by atoms with E-state index in [4.69, 9.17) is 21.1 Å². The van der Waals surface area contributed by atoms with Crippen molar-refractivity contribution in [3.63, 3.8) is 0 Å². The summed E-state index contributed by atoms with van der Waals surface area (Å²) in [5, 5.41) is 0.402. The number of ether oxygens (including phenoxy) is 2. The van der Waals surface area contributed by atoms with Crippen molar-refractivity contribution in [2.24, 2.45) is 0 Å². The largest absolute Gasteiger partial charge is 0.462 e. The van der Waals surface area contributed by atoms with Crippen LogP contribution in [0, 0.1) is 6.92 Å². The minimum Gasteiger partial charge on any atom is -0.462 e. The van der Waals surface area contributed by atoms with E-state index in [0.717, 1.165) is 0 Å². The Morgan fingerprint density at radius 3 is 2.20 bits per heavy atom. The molecule has 0 saturated carbocycles. The van der Waals surface area contributed by atoms with Crippen molar-refractivity contribution in [2.45, 2.75) is 40.2 Å². The molecule has 1 aromatic carbocycles. The molecule has 0 saturated heterocycles. The van der Waals surface area contributed by atoms with Gasteiger partial charge in [-0.1, -0.05) is 11.6 Å². The van der Waals surface area contributed by atoms with Crippen LogP contribution in [-0.2, 0) is 9.47 Å². The lowest BCUT2D eigenvalue weighted by molar-refractivity contribution is 0.00644. The molecule has 110 valence electrons. The predicted octanol–water partition coefficient (Wildman–Crippen LogP) is 3.78.